The van der Waals surface area contributed by atoms with Gasteiger partial charge in [-0.15, -0.1) is 5.10 Å². The van der Waals surface area contributed by atoms with Crippen LogP contribution in [-0.2, 0) is 4.79 Å². The largest absolute Gasteiger partial charge is 0.497 e. The van der Waals surface area contributed by atoms with E-state index in [4.69, 9.17) is 4.74 Å². The highest BCUT2D eigenvalue weighted by Crippen LogP contribution is 2.25. The molecule has 4 rings (SSSR count). The van der Waals surface area contributed by atoms with Gasteiger partial charge in [0.25, 0.3) is 0 Å². The molecule has 2 aromatic carbocycles. The number of fused-ring (bicyclic) bond motifs is 1. The third-order valence-electron chi connectivity index (χ3n) is 3.95. The lowest BCUT2D eigenvalue weighted by Gasteiger charge is -2.06. The van der Waals surface area contributed by atoms with Gasteiger partial charge >= 0.3 is 0 Å². The molecular weight excluding hydrogens is 395 g/mol. The Morgan fingerprint density at radius 3 is 2.90 bits per heavy atom. The number of hydrogen-bond acceptors (Lipinski definition) is 7. The molecule has 29 heavy (non-hydrogen) atoms. The second-order valence-electron chi connectivity index (χ2n) is 5.90. The van der Waals surface area contributed by atoms with Crippen LogP contribution in [0.3, 0.4) is 0 Å². The predicted octanol–water partition coefficient (Wildman–Crippen LogP) is 3.09. The molecule has 0 unspecified atom stereocenters. The molecule has 0 fully saturated rings. The van der Waals surface area contributed by atoms with Crippen LogP contribution < -0.4 is 10.1 Å². The van der Waals surface area contributed by atoms with E-state index < -0.39 is 5.82 Å². The number of benzene rings is 2. The molecule has 2 aromatic heterocycles. The van der Waals surface area contributed by atoms with Crippen molar-refractivity contribution in [3.63, 3.8) is 0 Å². The number of methoxy groups -OCH3 is 1. The SMILES string of the molecule is COc1cccc(-n2nnc3c(SCC(=O)Nc4cccc(F)c4)ncnc32)c1. The third-order valence-corrected chi connectivity index (χ3v) is 4.93. The Balaban J connectivity index is 1.53. The zero-order valence-electron chi connectivity index (χ0n) is 15.2. The van der Waals surface area contributed by atoms with Gasteiger partial charge in [0.2, 0.25) is 5.91 Å². The van der Waals surface area contributed by atoms with Gasteiger partial charge in [0.15, 0.2) is 11.2 Å². The number of hydrogen-bond donors (Lipinski definition) is 1. The Hall–Kier alpha value is -3.53. The molecule has 0 aliphatic rings. The van der Waals surface area contributed by atoms with Gasteiger partial charge in [0, 0.05) is 11.8 Å². The first-order valence-corrected chi connectivity index (χ1v) is 9.51. The van der Waals surface area contributed by atoms with E-state index in [1.807, 2.05) is 24.3 Å². The van der Waals surface area contributed by atoms with Gasteiger partial charge in [-0.1, -0.05) is 29.1 Å². The van der Waals surface area contributed by atoms with Crippen LogP contribution in [0.2, 0.25) is 0 Å². The van der Waals surface area contributed by atoms with Crippen LogP contribution in [0, 0.1) is 5.82 Å². The highest BCUT2D eigenvalue weighted by Gasteiger charge is 2.15. The highest BCUT2D eigenvalue weighted by atomic mass is 32.2. The van der Waals surface area contributed by atoms with Crippen molar-refractivity contribution in [2.75, 3.05) is 18.2 Å². The molecule has 0 aliphatic carbocycles. The molecule has 0 aliphatic heterocycles. The lowest BCUT2D eigenvalue weighted by molar-refractivity contribution is -0.113. The number of nitrogens with one attached hydrogen (secondary N) is 1. The smallest absolute Gasteiger partial charge is 0.234 e. The van der Waals surface area contributed by atoms with E-state index in [-0.39, 0.29) is 11.7 Å². The van der Waals surface area contributed by atoms with Crippen molar-refractivity contribution in [3.05, 3.63) is 60.7 Å². The van der Waals surface area contributed by atoms with Crippen molar-refractivity contribution in [3.8, 4) is 11.4 Å². The van der Waals surface area contributed by atoms with Crippen molar-refractivity contribution >= 4 is 34.5 Å². The van der Waals surface area contributed by atoms with Crippen molar-refractivity contribution in [1.29, 1.82) is 0 Å². The quantitative estimate of drug-likeness (QED) is 0.385. The van der Waals surface area contributed by atoms with Crippen molar-refractivity contribution < 1.29 is 13.9 Å². The summed E-state index contributed by atoms with van der Waals surface area (Å²) in [6.07, 6.45) is 1.40. The summed E-state index contributed by atoms with van der Waals surface area (Å²) >= 11 is 1.20. The van der Waals surface area contributed by atoms with Crippen LogP contribution in [0.4, 0.5) is 10.1 Å². The summed E-state index contributed by atoms with van der Waals surface area (Å²) in [5.41, 5.74) is 2.14. The topological polar surface area (TPSA) is 94.8 Å². The van der Waals surface area contributed by atoms with Crippen LogP contribution in [-0.4, -0.2) is 43.7 Å². The first kappa shape index (κ1) is 18.8. The van der Waals surface area contributed by atoms with Crippen LogP contribution in [0.25, 0.3) is 16.9 Å². The number of carbonyl (C=O) groups excluding carboxylic acids is 1. The molecule has 146 valence electrons. The van der Waals surface area contributed by atoms with Gasteiger partial charge in [-0.3, -0.25) is 4.79 Å². The summed E-state index contributed by atoms with van der Waals surface area (Å²) in [5, 5.41) is 11.5. The van der Waals surface area contributed by atoms with Gasteiger partial charge in [0.05, 0.1) is 18.6 Å². The third kappa shape index (κ3) is 4.16. The second-order valence-corrected chi connectivity index (χ2v) is 6.87. The molecule has 1 N–H and O–H groups in total. The number of rotatable bonds is 6. The molecule has 0 radical (unpaired) electrons. The predicted molar refractivity (Wildman–Crippen MR) is 107 cm³/mol. The number of ether oxygens (including phenoxy) is 1. The average molecular weight is 410 g/mol. The molecule has 2 heterocycles. The molecule has 10 heteroatoms. The Labute approximate surface area is 169 Å². The normalized spacial score (nSPS) is 10.8. The number of nitrogens with zero attached hydrogens (tertiary/aromatic N) is 5. The summed E-state index contributed by atoms with van der Waals surface area (Å²) in [4.78, 5) is 20.7. The van der Waals surface area contributed by atoms with Crippen LogP contribution >= 0.6 is 11.8 Å². The van der Waals surface area contributed by atoms with E-state index in [0.717, 1.165) is 5.69 Å². The number of thioether (sulfide) groups is 1. The number of carbonyl (C=O) groups is 1. The number of aromatic nitrogens is 5. The maximum atomic E-state index is 13.2. The summed E-state index contributed by atoms with van der Waals surface area (Å²) in [6, 6.07) is 13.1. The monoisotopic (exact) mass is 410 g/mol. The van der Waals surface area contributed by atoms with Crippen molar-refractivity contribution in [1.82, 2.24) is 25.0 Å². The van der Waals surface area contributed by atoms with Crippen molar-refractivity contribution in [2.45, 2.75) is 5.03 Å². The Kier molecular flexibility index (Phi) is 5.34. The zero-order valence-corrected chi connectivity index (χ0v) is 16.1. The van der Waals surface area contributed by atoms with Gasteiger partial charge in [-0.2, -0.15) is 4.68 Å². The molecule has 0 bridgehead atoms. The van der Waals surface area contributed by atoms with E-state index in [2.05, 4.69) is 25.6 Å². The molecule has 8 nitrogen and oxygen atoms in total. The summed E-state index contributed by atoms with van der Waals surface area (Å²) in [6.45, 7) is 0. The van der Waals surface area contributed by atoms with E-state index in [9.17, 15) is 9.18 Å². The molecule has 0 spiro atoms. The van der Waals surface area contributed by atoms with Gasteiger partial charge in [-0.25, -0.2) is 14.4 Å². The van der Waals surface area contributed by atoms with Gasteiger partial charge < -0.3 is 10.1 Å². The molecule has 0 saturated carbocycles. The summed E-state index contributed by atoms with van der Waals surface area (Å²) < 4.78 is 20.1. The lowest BCUT2D eigenvalue weighted by atomic mass is 10.3. The van der Waals surface area contributed by atoms with E-state index in [1.165, 1.54) is 36.3 Å². The zero-order chi connectivity index (χ0) is 20.2. The molecular formula is C19H15FN6O2S. The first-order chi connectivity index (χ1) is 14.1. The minimum Gasteiger partial charge on any atom is -0.497 e. The fourth-order valence-corrected chi connectivity index (χ4v) is 3.38. The maximum Gasteiger partial charge on any atom is 0.234 e. The van der Waals surface area contributed by atoms with Gasteiger partial charge in [-0.05, 0) is 30.3 Å². The maximum absolute atomic E-state index is 13.2. The average Bonchev–Trinajstić information content (AvgIpc) is 3.17. The minimum atomic E-state index is -0.415. The van der Waals surface area contributed by atoms with E-state index in [0.29, 0.717) is 27.6 Å². The van der Waals surface area contributed by atoms with Crippen LogP contribution in [0.15, 0.2) is 59.9 Å². The molecule has 0 atom stereocenters. The first-order valence-electron chi connectivity index (χ1n) is 8.53. The Bertz CT molecular complexity index is 1180. The fraction of sp³-hybridized carbons (Fsp3) is 0.105. The molecule has 0 saturated heterocycles. The Morgan fingerprint density at radius 1 is 1.21 bits per heavy atom. The number of halogens is 1. The van der Waals surface area contributed by atoms with E-state index >= 15 is 0 Å². The van der Waals surface area contributed by atoms with Gasteiger partial charge in [0.1, 0.15) is 22.9 Å². The molecule has 1 amide bonds. The number of amides is 1. The highest BCUT2D eigenvalue weighted by molar-refractivity contribution is 8.00. The Morgan fingerprint density at radius 2 is 2.07 bits per heavy atom. The second kappa shape index (κ2) is 8.23. The standard InChI is InChI=1S/C19H15FN6O2S/c1-28-15-7-3-6-14(9-15)26-18-17(24-25-26)19(22-11-21-18)29-10-16(27)23-13-5-2-4-12(20)8-13/h2-9,11H,10H2,1H3,(H,23,27). The number of anilines is 1. The summed E-state index contributed by atoms with van der Waals surface area (Å²) in [5.74, 6) is 0.0627. The van der Waals surface area contributed by atoms with Crippen molar-refractivity contribution in [2.24, 2.45) is 0 Å². The minimum absolute atomic E-state index is 0.0780. The fourth-order valence-electron chi connectivity index (χ4n) is 2.65. The van der Waals surface area contributed by atoms with Crippen LogP contribution in [0.5, 0.6) is 5.75 Å². The molecule has 4 aromatic rings. The van der Waals surface area contributed by atoms with E-state index in [1.54, 1.807) is 17.9 Å². The summed E-state index contributed by atoms with van der Waals surface area (Å²) in [7, 11) is 1.59. The van der Waals surface area contributed by atoms with Crippen LogP contribution in [0.1, 0.15) is 0 Å². The lowest BCUT2D eigenvalue weighted by Crippen LogP contribution is -2.14.